The van der Waals surface area contributed by atoms with E-state index in [0.29, 0.717) is 18.6 Å². The monoisotopic (exact) mass is 293 g/mol. The summed E-state index contributed by atoms with van der Waals surface area (Å²) in [5, 5.41) is 15.2. The summed E-state index contributed by atoms with van der Waals surface area (Å²) < 4.78 is 5.35. The molecule has 1 heterocycles. The van der Waals surface area contributed by atoms with Crippen molar-refractivity contribution in [2.24, 2.45) is 10.9 Å². The van der Waals surface area contributed by atoms with Gasteiger partial charge in [0.2, 0.25) is 0 Å². The molecule has 0 aliphatic heterocycles. The fourth-order valence-electron chi connectivity index (χ4n) is 2.89. The molecule has 2 rings (SSSR count). The van der Waals surface area contributed by atoms with E-state index in [2.05, 4.69) is 10.5 Å². The zero-order valence-electron chi connectivity index (χ0n) is 12.4. The standard InChI is InChI=1S/C15H23N3O3/c1-11-7-8-12(21-11)13(19)17-15(14(16)18-20)9-5-3-2-4-6-10-15/h7-8,20H,2-6,9-10H2,1H3,(H2,16,18)(H,17,19). The number of aryl methyl sites for hydroxylation is 1. The van der Waals surface area contributed by atoms with E-state index in [1.807, 2.05) is 0 Å². The van der Waals surface area contributed by atoms with Gasteiger partial charge < -0.3 is 20.7 Å². The van der Waals surface area contributed by atoms with E-state index >= 15 is 0 Å². The summed E-state index contributed by atoms with van der Waals surface area (Å²) in [7, 11) is 0. The third kappa shape index (κ3) is 3.56. The van der Waals surface area contributed by atoms with Crippen molar-refractivity contribution in [3.8, 4) is 0 Å². The highest BCUT2D eigenvalue weighted by Crippen LogP contribution is 2.27. The number of oxime groups is 1. The Morgan fingerprint density at radius 3 is 2.43 bits per heavy atom. The normalized spacial score (nSPS) is 19.6. The maximum absolute atomic E-state index is 12.4. The highest BCUT2D eigenvalue weighted by atomic mass is 16.4. The molecule has 0 saturated heterocycles. The minimum atomic E-state index is -0.785. The largest absolute Gasteiger partial charge is 0.456 e. The van der Waals surface area contributed by atoms with Crippen molar-refractivity contribution >= 4 is 11.7 Å². The number of nitrogens with one attached hydrogen (secondary N) is 1. The Morgan fingerprint density at radius 2 is 1.90 bits per heavy atom. The van der Waals surface area contributed by atoms with E-state index in [4.69, 9.17) is 15.4 Å². The van der Waals surface area contributed by atoms with Crippen LogP contribution in [0.3, 0.4) is 0 Å². The first-order chi connectivity index (χ1) is 10.1. The zero-order chi connectivity index (χ0) is 15.3. The second-order valence-electron chi connectivity index (χ2n) is 5.70. The maximum atomic E-state index is 12.4. The molecule has 116 valence electrons. The average molecular weight is 293 g/mol. The lowest BCUT2D eigenvalue weighted by molar-refractivity contribution is 0.0880. The first-order valence-electron chi connectivity index (χ1n) is 7.44. The molecule has 0 radical (unpaired) electrons. The molecular weight excluding hydrogens is 270 g/mol. The number of hydrogen-bond donors (Lipinski definition) is 3. The first-order valence-corrected chi connectivity index (χ1v) is 7.44. The Balaban J connectivity index is 2.20. The molecule has 21 heavy (non-hydrogen) atoms. The van der Waals surface area contributed by atoms with E-state index in [0.717, 1.165) is 25.7 Å². The Morgan fingerprint density at radius 1 is 1.29 bits per heavy atom. The van der Waals surface area contributed by atoms with Crippen molar-refractivity contribution in [2.75, 3.05) is 0 Å². The van der Waals surface area contributed by atoms with E-state index in [-0.39, 0.29) is 17.5 Å². The van der Waals surface area contributed by atoms with Crippen LogP contribution in [-0.2, 0) is 0 Å². The lowest BCUT2D eigenvalue weighted by Crippen LogP contribution is -2.57. The molecule has 1 aromatic heterocycles. The number of nitrogens with zero attached hydrogens (tertiary/aromatic N) is 1. The van der Waals surface area contributed by atoms with Crippen LogP contribution in [0.15, 0.2) is 21.7 Å². The Kier molecular flexibility index (Phi) is 4.88. The smallest absolute Gasteiger partial charge is 0.287 e. The van der Waals surface area contributed by atoms with Gasteiger partial charge in [-0.05, 0) is 31.9 Å². The van der Waals surface area contributed by atoms with Gasteiger partial charge in [0.15, 0.2) is 11.6 Å². The number of amidine groups is 1. The van der Waals surface area contributed by atoms with Crippen LogP contribution in [0.25, 0.3) is 0 Å². The Hall–Kier alpha value is -1.98. The fourth-order valence-corrected chi connectivity index (χ4v) is 2.89. The molecule has 0 aromatic carbocycles. The highest BCUT2D eigenvalue weighted by Gasteiger charge is 2.37. The van der Waals surface area contributed by atoms with Gasteiger partial charge in [0.05, 0.1) is 0 Å². The van der Waals surface area contributed by atoms with Gasteiger partial charge in [0, 0.05) is 0 Å². The predicted octanol–water partition coefficient (Wildman–Crippen LogP) is 2.55. The summed E-state index contributed by atoms with van der Waals surface area (Å²) in [4.78, 5) is 12.4. The van der Waals surface area contributed by atoms with Crippen molar-refractivity contribution < 1.29 is 14.4 Å². The molecule has 1 saturated carbocycles. The lowest BCUT2D eigenvalue weighted by atomic mass is 9.82. The van der Waals surface area contributed by atoms with E-state index in [9.17, 15) is 4.79 Å². The lowest BCUT2D eigenvalue weighted by Gasteiger charge is -2.34. The van der Waals surface area contributed by atoms with Crippen molar-refractivity contribution in [1.29, 1.82) is 0 Å². The minimum Gasteiger partial charge on any atom is -0.456 e. The van der Waals surface area contributed by atoms with Crippen LogP contribution >= 0.6 is 0 Å². The third-order valence-electron chi connectivity index (χ3n) is 4.12. The number of furan rings is 1. The summed E-state index contributed by atoms with van der Waals surface area (Å²) in [6, 6.07) is 3.37. The maximum Gasteiger partial charge on any atom is 0.287 e. The number of amides is 1. The van der Waals surface area contributed by atoms with Crippen LogP contribution in [0.1, 0.15) is 61.3 Å². The van der Waals surface area contributed by atoms with Crippen LogP contribution in [0.4, 0.5) is 0 Å². The molecule has 0 bridgehead atoms. The molecule has 1 fully saturated rings. The van der Waals surface area contributed by atoms with Crippen LogP contribution < -0.4 is 11.1 Å². The topological polar surface area (TPSA) is 101 Å². The van der Waals surface area contributed by atoms with Gasteiger partial charge in [-0.15, -0.1) is 0 Å². The summed E-state index contributed by atoms with van der Waals surface area (Å²) in [6.45, 7) is 1.78. The summed E-state index contributed by atoms with van der Waals surface area (Å²) in [5.41, 5.74) is 5.10. The molecule has 6 nitrogen and oxygen atoms in total. The summed E-state index contributed by atoms with van der Waals surface area (Å²) >= 11 is 0. The van der Waals surface area contributed by atoms with Crippen LogP contribution in [0, 0.1) is 6.92 Å². The van der Waals surface area contributed by atoms with Gasteiger partial charge in [-0.2, -0.15) is 0 Å². The van der Waals surface area contributed by atoms with E-state index in [1.54, 1.807) is 19.1 Å². The fraction of sp³-hybridized carbons (Fsp3) is 0.600. The van der Waals surface area contributed by atoms with Gasteiger partial charge >= 0.3 is 0 Å². The zero-order valence-corrected chi connectivity index (χ0v) is 12.4. The van der Waals surface area contributed by atoms with Crippen LogP contribution in [0.5, 0.6) is 0 Å². The van der Waals surface area contributed by atoms with Gasteiger partial charge in [0.25, 0.3) is 5.91 Å². The molecule has 4 N–H and O–H groups in total. The molecule has 0 unspecified atom stereocenters. The van der Waals surface area contributed by atoms with Crippen molar-refractivity contribution in [2.45, 2.75) is 57.4 Å². The number of carbonyl (C=O) groups excluding carboxylic acids is 1. The quantitative estimate of drug-likeness (QED) is 0.345. The number of nitrogens with two attached hydrogens (primary N) is 1. The molecule has 1 aliphatic carbocycles. The second kappa shape index (κ2) is 6.65. The van der Waals surface area contributed by atoms with Crippen LogP contribution in [-0.4, -0.2) is 22.5 Å². The average Bonchev–Trinajstić information content (AvgIpc) is 2.88. The first kappa shape index (κ1) is 15.4. The van der Waals surface area contributed by atoms with Crippen molar-refractivity contribution in [1.82, 2.24) is 5.32 Å². The summed E-state index contributed by atoms with van der Waals surface area (Å²) in [5.74, 6) is 0.673. The molecule has 1 aliphatic rings. The molecule has 0 atom stereocenters. The molecular formula is C15H23N3O3. The second-order valence-corrected chi connectivity index (χ2v) is 5.70. The minimum absolute atomic E-state index is 0.0704. The molecule has 1 aromatic rings. The molecule has 6 heteroatoms. The number of hydrogen-bond acceptors (Lipinski definition) is 4. The van der Waals surface area contributed by atoms with Gasteiger partial charge in [-0.1, -0.05) is 37.3 Å². The highest BCUT2D eigenvalue weighted by molar-refractivity contribution is 5.98. The Bertz CT molecular complexity index is 514. The number of rotatable bonds is 3. The number of carbonyl (C=O) groups is 1. The SMILES string of the molecule is Cc1ccc(C(=O)NC2(/C(N)=N/O)CCCCCCC2)o1. The molecule has 0 spiro atoms. The van der Waals surface area contributed by atoms with Crippen LogP contribution in [0.2, 0.25) is 0 Å². The van der Waals surface area contributed by atoms with Gasteiger partial charge in [-0.3, -0.25) is 4.79 Å². The van der Waals surface area contributed by atoms with E-state index in [1.165, 1.54) is 6.42 Å². The van der Waals surface area contributed by atoms with Gasteiger partial charge in [-0.25, -0.2) is 0 Å². The molecule has 1 amide bonds. The predicted molar refractivity (Wildman–Crippen MR) is 79.4 cm³/mol. The van der Waals surface area contributed by atoms with Crippen molar-refractivity contribution in [3.05, 3.63) is 23.7 Å². The Labute approximate surface area is 124 Å². The van der Waals surface area contributed by atoms with Crippen molar-refractivity contribution in [3.63, 3.8) is 0 Å². The third-order valence-corrected chi connectivity index (χ3v) is 4.12. The van der Waals surface area contributed by atoms with Gasteiger partial charge in [0.1, 0.15) is 11.3 Å². The van der Waals surface area contributed by atoms with E-state index < -0.39 is 5.54 Å². The summed E-state index contributed by atoms with van der Waals surface area (Å²) in [6.07, 6.45) is 6.61.